The molecule has 2 aliphatic heterocycles. The van der Waals surface area contributed by atoms with Crippen LogP contribution in [0, 0.1) is 18.7 Å². The quantitative estimate of drug-likeness (QED) is 0.214. The van der Waals surface area contributed by atoms with E-state index in [1.54, 1.807) is 4.90 Å². The van der Waals surface area contributed by atoms with Crippen LogP contribution in [0.1, 0.15) is 46.1 Å². The summed E-state index contributed by atoms with van der Waals surface area (Å²) < 4.78 is 20.1. The van der Waals surface area contributed by atoms with Crippen LogP contribution in [0.5, 0.6) is 11.6 Å². The summed E-state index contributed by atoms with van der Waals surface area (Å²) in [5, 5.41) is 12.3. The molecule has 2 aromatic heterocycles. The Labute approximate surface area is 304 Å². The first-order valence-electron chi connectivity index (χ1n) is 17.2. The molecule has 0 saturated carbocycles. The molecule has 0 aliphatic carbocycles. The number of nitrogen functional groups attached to an aromatic ring is 1. The summed E-state index contributed by atoms with van der Waals surface area (Å²) in [7, 11) is 0. The largest absolute Gasteiger partial charge is 0.437 e. The molecule has 0 unspecified atom stereocenters. The first kappa shape index (κ1) is 35.0. The number of hydrogen-bond acceptors (Lipinski definition) is 9. The number of carbonyl (C=O) groups is 2. The van der Waals surface area contributed by atoms with E-state index in [1.165, 1.54) is 46.5 Å². The molecular formula is C39H39FN6O5S. The number of aliphatic hydroxyl groups is 1. The molecule has 2 fully saturated rings. The highest BCUT2D eigenvalue weighted by atomic mass is 32.1. The van der Waals surface area contributed by atoms with Gasteiger partial charge in [0, 0.05) is 43.6 Å². The van der Waals surface area contributed by atoms with Gasteiger partial charge in [0.05, 0.1) is 17.8 Å². The van der Waals surface area contributed by atoms with Crippen molar-refractivity contribution in [2.45, 2.75) is 44.2 Å². The molecule has 2 aliphatic rings. The minimum Gasteiger partial charge on any atom is -0.437 e. The second-order valence-electron chi connectivity index (χ2n) is 13.5. The van der Waals surface area contributed by atoms with Crippen LogP contribution < -0.4 is 16.0 Å². The lowest BCUT2D eigenvalue weighted by molar-refractivity contribution is -0.142. The van der Waals surface area contributed by atoms with Crippen LogP contribution in [0.25, 0.3) is 10.6 Å². The SMILES string of the molecule is Cc1nc(-c2ccccc2)sc1C(=O)N1CC[C@@H](C(=O)N2CCC(O)(Cn3cnc(Oc4ccc(F)cc4)c(N)c3=O)CC2)[C@H](c2ccccc2)C1. The van der Waals surface area contributed by atoms with E-state index >= 15 is 0 Å². The van der Waals surface area contributed by atoms with E-state index in [-0.39, 0.29) is 60.4 Å². The fourth-order valence-electron chi connectivity index (χ4n) is 7.06. The molecule has 268 valence electrons. The van der Waals surface area contributed by atoms with Crippen LogP contribution in [-0.2, 0) is 11.3 Å². The Morgan fingerprint density at radius 2 is 1.65 bits per heavy atom. The smallest absolute Gasteiger partial charge is 0.280 e. The zero-order valence-corrected chi connectivity index (χ0v) is 29.5. The second-order valence-corrected chi connectivity index (χ2v) is 14.5. The van der Waals surface area contributed by atoms with Crippen LogP contribution in [0.15, 0.2) is 96.1 Å². The number of benzene rings is 3. The van der Waals surface area contributed by atoms with Gasteiger partial charge in [0.15, 0.2) is 5.69 Å². The van der Waals surface area contributed by atoms with E-state index in [0.29, 0.717) is 43.2 Å². The monoisotopic (exact) mass is 722 g/mol. The van der Waals surface area contributed by atoms with Crippen molar-refractivity contribution in [2.75, 3.05) is 31.9 Å². The summed E-state index contributed by atoms with van der Waals surface area (Å²) in [4.78, 5) is 54.3. The van der Waals surface area contributed by atoms with Gasteiger partial charge in [-0.3, -0.25) is 19.0 Å². The van der Waals surface area contributed by atoms with Crippen LogP contribution in [-0.4, -0.2) is 73.0 Å². The Morgan fingerprint density at radius 3 is 2.35 bits per heavy atom. The lowest BCUT2D eigenvalue weighted by atomic mass is 9.79. The van der Waals surface area contributed by atoms with Gasteiger partial charge in [0.1, 0.15) is 27.8 Å². The lowest BCUT2D eigenvalue weighted by Gasteiger charge is -2.43. The van der Waals surface area contributed by atoms with Crippen molar-refractivity contribution in [1.29, 1.82) is 0 Å². The molecule has 13 heteroatoms. The third-order valence-corrected chi connectivity index (χ3v) is 11.2. The summed E-state index contributed by atoms with van der Waals surface area (Å²) in [5.74, 6) is -0.912. The number of nitrogens with zero attached hydrogens (tertiary/aromatic N) is 5. The first-order chi connectivity index (χ1) is 25.1. The second kappa shape index (κ2) is 14.7. The fraction of sp³-hybridized carbons (Fsp3) is 0.308. The van der Waals surface area contributed by atoms with Crippen LogP contribution in [0.2, 0.25) is 0 Å². The number of rotatable bonds is 8. The number of carbonyl (C=O) groups excluding carboxylic acids is 2. The molecule has 11 nitrogen and oxygen atoms in total. The standard InChI is InChI=1S/C39H39FN6O5S/c1-25-33(52-35(43-25)27-10-6-3-7-11-27)38(49)45-19-16-30(31(22-45)26-8-4-2-5-9-26)36(47)44-20-17-39(50,18-21-44)23-46-24-42-34(32(41)37(46)48)51-29-14-12-28(40)13-15-29/h2-15,24,30-31,50H,16-23,41H2,1H3/t30-,31+/m1/s1. The Balaban J connectivity index is 1.02. The zero-order chi connectivity index (χ0) is 36.4. The molecule has 2 amide bonds. The van der Waals surface area contributed by atoms with Crippen molar-refractivity contribution >= 4 is 28.8 Å². The molecule has 52 heavy (non-hydrogen) atoms. The van der Waals surface area contributed by atoms with Gasteiger partial charge < -0.3 is 25.4 Å². The predicted octanol–water partition coefficient (Wildman–Crippen LogP) is 5.49. The highest BCUT2D eigenvalue weighted by molar-refractivity contribution is 7.17. The van der Waals surface area contributed by atoms with Gasteiger partial charge >= 0.3 is 0 Å². The number of aromatic nitrogens is 3. The maximum Gasteiger partial charge on any atom is 0.280 e. The highest BCUT2D eigenvalue weighted by Gasteiger charge is 2.42. The van der Waals surface area contributed by atoms with Gasteiger partial charge in [0.25, 0.3) is 11.5 Å². The summed E-state index contributed by atoms with van der Waals surface area (Å²) >= 11 is 1.39. The van der Waals surface area contributed by atoms with Crippen molar-refractivity contribution in [2.24, 2.45) is 5.92 Å². The number of piperidine rings is 2. The topological polar surface area (TPSA) is 144 Å². The van der Waals surface area contributed by atoms with E-state index in [9.17, 15) is 23.9 Å². The van der Waals surface area contributed by atoms with E-state index in [4.69, 9.17) is 15.5 Å². The third-order valence-electron chi connectivity index (χ3n) is 9.99. The Kier molecular flexibility index (Phi) is 9.89. The molecule has 0 bridgehead atoms. The molecule has 0 radical (unpaired) electrons. The number of nitrogens with two attached hydrogens (primary N) is 1. The number of hydrogen-bond donors (Lipinski definition) is 2. The highest BCUT2D eigenvalue weighted by Crippen LogP contribution is 2.37. The van der Waals surface area contributed by atoms with Crippen molar-refractivity contribution in [1.82, 2.24) is 24.3 Å². The molecule has 3 N–H and O–H groups in total. The fourth-order valence-corrected chi connectivity index (χ4v) is 8.10. The average molecular weight is 723 g/mol. The number of ether oxygens (including phenoxy) is 1. The maximum absolute atomic E-state index is 14.2. The number of likely N-dealkylation sites (tertiary alicyclic amines) is 2. The van der Waals surface area contributed by atoms with Crippen LogP contribution in [0.3, 0.4) is 0 Å². The summed E-state index contributed by atoms with van der Waals surface area (Å²) in [6.07, 6.45) is 2.27. The molecular weight excluding hydrogens is 684 g/mol. The number of amides is 2. The van der Waals surface area contributed by atoms with Crippen molar-refractivity contribution in [3.8, 4) is 22.2 Å². The lowest BCUT2D eigenvalue weighted by Crippen LogP contribution is -2.53. The number of anilines is 1. The maximum atomic E-state index is 14.2. The normalized spacial score (nSPS) is 18.6. The number of thiazole rings is 1. The van der Waals surface area contributed by atoms with E-state index in [2.05, 4.69) is 4.98 Å². The van der Waals surface area contributed by atoms with Crippen molar-refractivity contribution in [3.05, 3.63) is 124 Å². The van der Waals surface area contributed by atoms with Gasteiger partial charge in [-0.25, -0.2) is 14.4 Å². The predicted molar refractivity (Wildman–Crippen MR) is 196 cm³/mol. The summed E-state index contributed by atoms with van der Waals surface area (Å²) in [6.45, 7) is 3.25. The minimum atomic E-state index is -1.27. The number of aryl methyl sites for hydroxylation is 1. The van der Waals surface area contributed by atoms with E-state index < -0.39 is 17.0 Å². The zero-order valence-electron chi connectivity index (χ0n) is 28.7. The van der Waals surface area contributed by atoms with Crippen LogP contribution >= 0.6 is 11.3 Å². The molecule has 2 atom stereocenters. The molecule has 2 saturated heterocycles. The molecule has 3 aromatic carbocycles. The molecule has 4 heterocycles. The summed E-state index contributed by atoms with van der Waals surface area (Å²) in [5.41, 5.74) is 6.63. The van der Waals surface area contributed by atoms with Crippen LogP contribution in [0.4, 0.5) is 10.1 Å². The Bertz CT molecular complexity index is 2120. The third kappa shape index (κ3) is 7.32. The average Bonchev–Trinajstić information content (AvgIpc) is 3.57. The van der Waals surface area contributed by atoms with Gasteiger partial charge in [-0.1, -0.05) is 60.7 Å². The van der Waals surface area contributed by atoms with E-state index in [1.807, 2.05) is 72.5 Å². The molecule has 7 rings (SSSR count). The minimum absolute atomic E-state index is 0.00582. The van der Waals surface area contributed by atoms with Gasteiger partial charge in [0.2, 0.25) is 11.8 Å². The molecule has 0 spiro atoms. The number of halogens is 1. The Morgan fingerprint density at radius 1 is 0.981 bits per heavy atom. The summed E-state index contributed by atoms with van der Waals surface area (Å²) in [6, 6.07) is 24.9. The first-order valence-corrected chi connectivity index (χ1v) is 18.1. The van der Waals surface area contributed by atoms with E-state index in [0.717, 1.165) is 16.1 Å². The van der Waals surface area contributed by atoms with Gasteiger partial charge in [-0.05, 0) is 56.0 Å². The Hall–Kier alpha value is -5.40. The van der Waals surface area contributed by atoms with Crippen molar-refractivity contribution < 1.29 is 23.8 Å². The van der Waals surface area contributed by atoms with Crippen molar-refractivity contribution in [3.63, 3.8) is 0 Å². The molecule has 5 aromatic rings. The van der Waals surface area contributed by atoms with Gasteiger partial charge in [-0.2, -0.15) is 0 Å². The van der Waals surface area contributed by atoms with Gasteiger partial charge in [-0.15, -0.1) is 11.3 Å².